The molecule has 0 aliphatic rings. The van der Waals surface area contributed by atoms with E-state index in [0.717, 1.165) is 11.3 Å². The minimum absolute atomic E-state index is 0.149. The third-order valence-corrected chi connectivity index (χ3v) is 3.00. The van der Waals surface area contributed by atoms with Crippen LogP contribution in [0.5, 0.6) is 11.5 Å². The highest BCUT2D eigenvalue weighted by Gasteiger charge is 2.15. The fourth-order valence-electron chi connectivity index (χ4n) is 1.95. The van der Waals surface area contributed by atoms with Gasteiger partial charge in [0, 0.05) is 12.1 Å². The smallest absolute Gasteiger partial charge is 0.237 e. The number of benzene rings is 1. The molecule has 3 N–H and O–H groups in total. The second kappa shape index (κ2) is 7.75. The molecule has 0 saturated heterocycles. The van der Waals surface area contributed by atoms with Gasteiger partial charge in [0.05, 0.1) is 20.3 Å². The number of carbonyl (C=O) groups is 1. The summed E-state index contributed by atoms with van der Waals surface area (Å²) in [5, 5.41) is 2.83. The molecule has 1 rings (SSSR count). The lowest BCUT2D eigenvalue weighted by molar-refractivity contribution is -0.122. The van der Waals surface area contributed by atoms with Gasteiger partial charge in [-0.05, 0) is 30.5 Å². The minimum Gasteiger partial charge on any atom is -0.497 e. The monoisotopic (exact) mass is 280 g/mol. The normalized spacial score (nSPS) is 12.1. The Hall–Kier alpha value is -1.75. The van der Waals surface area contributed by atoms with Gasteiger partial charge in [-0.2, -0.15) is 0 Å². The molecule has 0 fully saturated rings. The highest BCUT2D eigenvalue weighted by molar-refractivity contribution is 5.81. The van der Waals surface area contributed by atoms with Crippen molar-refractivity contribution in [2.24, 2.45) is 11.7 Å². The molecule has 20 heavy (non-hydrogen) atoms. The summed E-state index contributed by atoms with van der Waals surface area (Å²) in [5.41, 5.74) is 6.70. The second-order valence-corrected chi connectivity index (χ2v) is 5.13. The van der Waals surface area contributed by atoms with Gasteiger partial charge in [0.1, 0.15) is 11.5 Å². The summed E-state index contributed by atoms with van der Waals surface area (Å²) in [4.78, 5) is 11.9. The summed E-state index contributed by atoms with van der Waals surface area (Å²) in [6, 6.07) is 4.99. The van der Waals surface area contributed by atoms with Crippen LogP contribution >= 0.6 is 0 Å². The van der Waals surface area contributed by atoms with Crippen LogP contribution in [0, 0.1) is 5.92 Å². The Balaban J connectivity index is 2.66. The van der Waals surface area contributed by atoms with Crippen molar-refractivity contribution < 1.29 is 14.3 Å². The van der Waals surface area contributed by atoms with Gasteiger partial charge in [0.15, 0.2) is 0 Å². The van der Waals surface area contributed by atoms with Crippen molar-refractivity contribution in [1.82, 2.24) is 5.32 Å². The molecular formula is C15H24N2O3. The fourth-order valence-corrected chi connectivity index (χ4v) is 1.95. The van der Waals surface area contributed by atoms with Crippen LogP contribution in [0.2, 0.25) is 0 Å². The predicted molar refractivity (Wildman–Crippen MR) is 78.8 cm³/mol. The quantitative estimate of drug-likeness (QED) is 0.797. The highest BCUT2D eigenvalue weighted by Crippen LogP contribution is 2.23. The van der Waals surface area contributed by atoms with Gasteiger partial charge in [-0.15, -0.1) is 0 Å². The molecule has 0 saturated carbocycles. The van der Waals surface area contributed by atoms with Crippen LogP contribution in [0.3, 0.4) is 0 Å². The van der Waals surface area contributed by atoms with E-state index >= 15 is 0 Å². The minimum atomic E-state index is -0.480. The zero-order valence-corrected chi connectivity index (χ0v) is 12.6. The van der Waals surface area contributed by atoms with Gasteiger partial charge in [0.25, 0.3) is 0 Å². The van der Waals surface area contributed by atoms with E-state index in [4.69, 9.17) is 15.2 Å². The first-order valence-electron chi connectivity index (χ1n) is 6.72. The molecule has 0 radical (unpaired) electrons. The van der Waals surface area contributed by atoms with Crippen LogP contribution in [-0.2, 0) is 11.3 Å². The molecule has 0 aliphatic heterocycles. The fraction of sp³-hybridized carbons (Fsp3) is 0.533. The Morgan fingerprint density at radius 2 is 2.00 bits per heavy atom. The largest absolute Gasteiger partial charge is 0.497 e. The van der Waals surface area contributed by atoms with Crippen LogP contribution in [0.15, 0.2) is 18.2 Å². The molecule has 0 aliphatic carbocycles. The molecule has 1 amide bonds. The summed E-state index contributed by atoms with van der Waals surface area (Å²) in [6.07, 6.45) is 0.668. The van der Waals surface area contributed by atoms with Gasteiger partial charge in [-0.25, -0.2) is 0 Å². The standard InChI is InChI=1S/C15H24N2O3/c1-10(2)7-13(16)15(18)17-9-11-8-12(19-3)5-6-14(11)20-4/h5-6,8,10,13H,7,9,16H2,1-4H3,(H,17,18). The van der Waals surface area contributed by atoms with Gasteiger partial charge in [-0.3, -0.25) is 4.79 Å². The third kappa shape index (κ3) is 4.74. The first-order chi connectivity index (χ1) is 9.47. The van der Waals surface area contributed by atoms with E-state index in [2.05, 4.69) is 5.32 Å². The van der Waals surface area contributed by atoms with Crippen LogP contribution in [-0.4, -0.2) is 26.2 Å². The van der Waals surface area contributed by atoms with Crippen molar-refractivity contribution in [3.63, 3.8) is 0 Å². The number of nitrogens with one attached hydrogen (secondary N) is 1. The molecule has 1 atom stereocenters. The van der Waals surface area contributed by atoms with Gasteiger partial charge < -0.3 is 20.5 Å². The Bertz CT molecular complexity index is 447. The Morgan fingerprint density at radius 1 is 1.30 bits per heavy atom. The molecule has 112 valence electrons. The number of nitrogens with two attached hydrogens (primary N) is 1. The molecule has 1 aromatic rings. The summed E-state index contributed by atoms with van der Waals surface area (Å²) in [5.74, 6) is 1.68. The number of amides is 1. The van der Waals surface area contributed by atoms with E-state index in [0.29, 0.717) is 24.6 Å². The average molecular weight is 280 g/mol. The third-order valence-electron chi connectivity index (χ3n) is 3.00. The lowest BCUT2D eigenvalue weighted by atomic mass is 10.0. The molecule has 1 aromatic carbocycles. The first kappa shape index (κ1) is 16.3. The summed E-state index contributed by atoms with van der Waals surface area (Å²) < 4.78 is 10.4. The highest BCUT2D eigenvalue weighted by atomic mass is 16.5. The summed E-state index contributed by atoms with van der Waals surface area (Å²) in [6.45, 7) is 4.45. The molecule has 0 heterocycles. The SMILES string of the molecule is COc1ccc(OC)c(CNC(=O)C(N)CC(C)C)c1. The number of rotatable bonds is 7. The maximum Gasteiger partial charge on any atom is 0.237 e. The molecule has 0 bridgehead atoms. The van der Waals surface area contributed by atoms with E-state index in [1.54, 1.807) is 14.2 Å². The zero-order valence-electron chi connectivity index (χ0n) is 12.6. The van der Waals surface area contributed by atoms with Crippen LogP contribution in [0.4, 0.5) is 0 Å². The van der Waals surface area contributed by atoms with Crippen molar-refractivity contribution >= 4 is 5.91 Å². The maximum atomic E-state index is 11.9. The van der Waals surface area contributed by atoms with Gasteiger partial charge in [0.2, 0.25) is 5.91 Å². The number of ether oxygens (including phenoxy) is 2. The second-order valence-electron chi connectivity index (χ2n) is 5.13. The zero-order chi connectivity index (χ0) is 15.1. The molecule has 1 unspecified atom stereocenters. The number of methoxy groups -OCH3 is 2. The molecule has 0 spiro atoms. The van der Waals surface area contributed by atoms with Crippen molar-refractivity contribution in [1.29, 1.82) is 0 Å². The van der Waals surface area contributed by atoms with E-state index in [-0.39, 0.29) is 5.91 Å². The first-order valence-corrected chi connectivity index (χ1v) is 6.72. The number of hydrogen-bond acceptors (Lipinski definition) is 4. The van der Waals surface area contributed by atoms with Gasteiger partial charge >= 0.3 is 0 Å². The van der Waals surface area contributed by atoms with E-state index < -0.39 is 6.04 Å². The molecule has 5 heteroatoms. The van der Waals surface area contributed by atoms with Crippen LogP contribution in [0.25, 0.3) is 0 Å². The van der Waals surface area contributed by atoms with Gasteiger partial charge in [-0.1, -0.05) is 13.8 Å². The summed E-state index contributed by atoms with van der Waals surface area (Å²) in [7, 11) is 3.19. The lowest BCUT2D eigenvalue weighted by Crippen LogP contribution is -2.41. The van der Waals surface area contributed by atoms with E-state index in [1.807, 2.05) is 32.0 Å². The summed E-state index contributed by atoms with van der Waals surface area (Å²) >= 11 is 0. The maximum absolute atomic E-state index is 11.9. The van der Waals surface area contributed by atoms with E-state index in [9.17, 15) is 4.79 Å². The molecule has 5 nitrogen and oxygen atoms in total. The van der Waals surface area contributed by atoms with Crippen LogP contribution < -0.4 is 20.5 Å². The number of hydrogen-bond donors (Lipinski definition) is 2. The Morgan fingerprint density at radius 3 is 2.55 bits per heavy atom. The average Bonchev–Trinajstić information content (AvgIpc) is 2.43. The van der Waals surface area contributed by atoms with Crippen molar-refractivity contribution in [2.75, 3.05) is 14.2 Å². The lowest BCUT2D eigenvalue weighted by Gasteiger charge is -2.15. The number of carbonyl (C=O) groups excluding carboxylic acids is 1. The van der Waals surface area contributed by atoms with Crippen molar-refractivity contribution in [3.8, 4) is 11.5 Å². The topological polar surface area (TPSA) is 73.6 Å². The Kier molecular flexibility index (Phi) is 6.31. The molecular weight excluding hydrogens is 256 g/mol. The Labute approximate surface area is 120 Å². The van der Waals surface area contributed by atoms with Crippen molar-refractivity contribution in [2.45, 2.75) is 32.9 Å². The predicted octanol–water partition coefficient (Wildman–Crippen LogP) is 1.69. The molecule has 0 aromatic heterocycles. The van der Waals surface area contributed by atoms with E-state index in [1.165, 1.54) is 0 Å². The van der Waals surface area contributed by atoms with Crippen molar-refractivity contribution in [3.05, 3.63) is 23.8 Å². The van der Waals surface area contributed by atoms with Crippen LogP contribution in [0.1, 0.15) is 25.8 Å².